The molecule has 0 radical (unpaired) electrons. The van der Waals surface area contributed by atoms with Gasteiger partial charge in [-0.15, -0.1) is 0 Å². The van der Waals surface area contributed by atoms with Crippen LogP contribution in [-0.2, 0) is 10.2 Å². The molecule has 1 aromatic carbocycles. The first kappa shape index (κ1) is 21.7. The van der Waals surface area contributed by atoms with Crippen LogP contribution in [0.25, 0.3) is 0 Å². The van der Waals surface area contributed by atoms with E-state index < -0.39 is 12.1 Å². The van der Waals surface area contributed by atoms with Crippen molar-refractivity contribution in [1.29, 1.82) is 5.26 Å². The van der Waals surface area contributed by atoms with E-state index >= 15 is 0 Å². The maximum atomic E-state index is 10.2. The monoisotopic (exact) mass is 357 g/mol. The van der Waals surface area contributed by atoms with E-state index in [0.717, 1.165) is 6.54 Å². The Kier molecular flexibility index (Phi) is 8.34. The number of likely N-dealkylation sites (N-methyl/N-ethyl adjacent to an activating group) is 1. The molecular weight excluding hydrogens is 326 g/mol. The summed E-state index contributed by atoms with van der Waals surface area (Å²) in [6.45, 7) is 10.0. The molecule has 0 saturated carbocycles. The molecule has 1 N–H and O–H groups in total. The molecule has 0 bridgehead atoms. The molecule has 0 spiro atoms. The van der Waals surface area contributed by atoms with Crippen molar-refractivity contribution in [2.75, 3.05) is 25.0 Å². The van der Waals surface area contributed by atoms with Gasteiger partial charge in [-0.3, -0.25) is 4.90 Å². The topological polar surface area (TPSA) is 67.6 Å². The average Bonchev–Trinajstić information content (AvgIpc) is 2.99. The van der Waals surface area contributed by atoms with Crippen LogP contribution in [0.2, 0.25) is 0 Å². The zero-order chi connectivity index (χ0) is 19.7. The number of rotatable bonds is 4. The van der Waals surface area contributed by atoms with Gasteiger partial charge in [-0.1, -0.05) is 45.1 Å². The van der Waals surface area contributed by atoms with E-state index in [1.54, 1.807) is 0 Å². The standard InChI is InChI=1S/C15H23N.C6H8N2O2/c1-6-7-12-16(5)14-10-8-13(9-11-14)15(2,3)4;7-4-8-2-6(10)1-5(8)3-9/h6-11H,12H2,1-5H3;3,5-6,10H,1-2H2/b7-6+;. The SMILES string of the molecule is C/C=C/CN(C)c1ccc(C(C)(C)C)cc1.N#CN1CC(O)CC1C=O. The lowest BCUT2D eigenvalue weighted by molar-refractivity contribution is -0.110. The van der Waals surface area contributed by atoms with Crippen LogP contribution in [0.3, 0.4) is 0 Å². The number of β-amino-alcohol motifs (C(OH)–C–C–N with tert-alkyl or cyclic N) is 1. The number of nitriles is 1. The predicted octanol–water partition coefficient (Wildman–Crippen LogP) is 3.10. The molecule has 1 saturated heterocycles. The number of aliphatic hydroxyl groups excluding tert-OH is 1. The summed E-state index contributed by atoms with van der Waals surface area (Å²) in [5, 5.41) is 17.4. The third kappa shape index (κ3) is 6.53. The predicted molar refractivity (Wildman–Crippen MR) is 106 cm³/mol. The highest BCUT2D eigenvalue weighted by Gasteiger charge is 2.29. The smallest absolute Gasteiger partial charge is 0.180 e. The van der Waals surface area contributed by atoms with E-state index in [9.17, 15) is 4.79 Å². The Balaban J connectivity index is 0.000000289. The summed E-state index contributed by atoms with van der Waals surface area (Å²) < 4.78 is 0. The molecule has 2 rings (SSSR count). The van der Waals surface area contributed by atoms with Gasteiger partial charge in [-0.2, -0.15) is 5.26 Å². The number of benzene rings is 1. The second-order valence-electron chi connectivity index (χ2n) is 7.59. The quantitative estimate of drug-likeness (QED) is 0.509. The fourth-order valence-electron chi connectivity index (χ4n) is 2.67. The normalized spacial score (nSPS) is 19.7. The molecule has 5 nitrogen and oxygen atoms in total. The molecule has 1 aliphatic heterocycles. The van der Waals surface area contributed by atoms with Crippen LogP contribution in [0.1, 0.15) is 39.7 Å². The van der Waals surface area contributed by atoms with E-state index in [1.807, 2.05) is 6.19 Å². The number of carbonyl (C=O) groups excluding carboxylic acids is 1. The summed E-state index contributed by atoms with van der Waals surface area (Å²) in [6.07, 6.45) is 6.65. The van der Waals surface area contributed by atoms with Gasteiger partial charge in [0.25, 0.3) is 0 Å². The summed E-state index contributed by atoms with van der Waals surface area (Å²) in [4.78, 5) is 13.7. The first-order valence-corrected chi connectivity index (χ1v) is 8.95. The van der Waals surface area contributed by atoms with Crippen LogP contribution >= 0.6 is 0 Å². The van der Waals surface area contributed by atoms with Crippen molar-refractivity contribution in [3.8, 4) is 6.19 Å². The van der Waals surface area contributed by atoms with Gasteiger partial charge in [-0.25, -0.2) is 0 Å². The highest BCUT2D eigenvalue weighted by Crippen LogP contribution is 2.24. The number of carbonyl (C=O) groups is 1. The summed E-state index contributed by atoms with van der Waals surface area (Å²) >= 11 is 0. The fraction of sp³-hybridized carbons (Fsp3) is 0.524. The van der Waals surface area contributed by atoms with Crippen molar-refractivity contribution in [2.45, 2.75) is 51.7 Å². The van der Waals surface area contributed by atoms with Crippen LogP contribution in [0.5, 0.6) is 0 Å². The Bertz CT molecular complexity index is 626. The molecule has 5 heteroatoms. The first-order valence-electron chi connectivity index (χ1n) is 8.95. The minimum absolute atomic E-state index is 0.237. The van der Waals surface area contributed by atoms with Crippen molar-refractivity contribution < 1.29 is 9.90 Å². The van der Waals surface area contributed by atoms with E-state index in [1.165, 1.54) is 16.2 Å². The minimum atomic E-state index is -0.519. The molecule has 1 fully saturated rings. The maximum Gasteiger partial charge on any atom is 0.180 e. The number of nitrogens with zero attached hydrogens (tertiary/aromatic N) is 3. The highest BCUT2D eigenvalue weighted by molar-refractivity contribution is 5.58. The molecular formula is C21H31N3O2. The van der Waals surface area contributed by atoms with E-state index in [-0.39, 0.29) is 5.41 Å². The third-order valence-corrected chi connectivity index (χ3v) is 4.40. The number of likely N-dealkylation sites (tertiary alicyclic amines) is 1. The lowest BCUT2D eigenvalue weighted by atomic mass is 9.87. The van der Waals surface area contributed by atoms with Gasteiger partial charge in [-0.05, 0) is 30.0 Å². The van der Waals surface area contributed by atoms with Gasteiger partial charge in [0.15, 0.2) is 6.19 Å². The largest absolute Gasteiger partial charge is 0.391 e. The van der Waals surface area contributed by atoms with Gasteiger partial charge in [0.1, 0.15) is 6.29 Å². The van der Waals surface area contributed by atoms with Crippen LogP contribution in [-0.4, -0.2) is 48.6 Å². The van der Waals surface area contributed by atoms with Gasteiger partial charge in [0, 0.05) is 25.7 Å². The van der Waals surface area contributed by atoms with E-state index in [2.05, 4.69) is 76.1 Å². The number of allylic oxidation sites excluding steroid dienone is 1. The Morgan fingerprint density at radius 2 is 1.96 bits per heavy atom. The third-order valence-electron chi connectivity index (χ3n) is 4.40. The Morgan fingerprint density at radius 3 is 2.38 bits per heavy atom. The molecule has 142 valence electrons. The lowest BCUT2D eigenvalue weighted by Crippen LogP contribution is -2.25. The second-order valence-corrected chi connectivity index (χ2v) is 7.59. The summed E-state index contributed by atoms with van der Waals surface area (Å²) in [5.74, 6) is 0. The van der Waals surface area contributed by atoms with Gasteiger partial charge in [0.2, 0.25) is 0 Å². The van der Waals surface area contributed by atoms with Gasteiger partial charge < -0.3 is 14.8 Å². The second kappa shape index (κ2) is 9.98. The number of aliphatic hydroxyl groups is 1. The van der Waals surface area contributed by atoms with Crippen LogP contribution in [0.15, 0.2) is 36.4 Å². The molecule has 0 aliphatic carbocycles. The molecule has 1 heterocycles. The Labute approximate surface area is 157 Å². The molecule has 2 atom stereocenters. The zero-order valence-corrected chi connectivity index (χ0v) is 16.5. The lowest BCUT2D eigenvalue weighted by Gasteiger charge is -2.22. The average molecular weight is 357 g/mol. The van der Waals surface area contributed by atoms with Crippen molar-refractivity contribution in [1.82, 2.24) is 4.90 Å². The Morgan fingerprint density at radius 1 is 1.35 bits per heavy atom. The van der Waals surface area contributed by atoms with Crippen LogP contribution in [0.4, 0.5) is 5.69 Å². The fourth-order valence-corrected chi connectivity index (χ4v) is 2.67. The minimum Gasteiger partial charge on any atom is -0.391 e. The molecule has 26 heavy (non-hydrogen) atoms. The zero-order valence-electron chi connectivity index (χ0n) is 16.5. The number of hydrogen-bond acceptors (Lipinski definition) is 5. The molecule has 0 aromatic heterocycles. The van der Waals surface area contributed by atoms with Gasteiger partial charge >= 0.3 is 0 Å². The molecule has 1 aromatic rings. The van der Waals surface area contributed by atoms with Crippen molar-refractivity contribution >= 4 is 12.0 Å². The van der Waals surface area contributed by atoms with Crippen LogP contribution in [0, 0.1) is 11.5 Å². The summed E-state index contributed by atoms with van der Waals surface area (Å²) in [5.41, 5.74) is 2.89. The van der Waals surface area contributed by atoms with Gasteiger partial charge in [0.05, 0.1) is 18.7 Å². The maximum absolute atomic E-state index is 10.2. The van der Waals surface area contributed by atoms with Crippen molar-refractivity contribution in [3.63, 3.8) is 0 Å². The number of aldehydes is 1. The molecule has 0 amide bonds. The summed E-state index contributed by atoms with van der Waals surface area (Å²) in [7, 11) is 2.12. The van der Waals surface area contributed by atoms with Crippen molar-refractivity contribution in [3.05, 3.63) is 42.0 Å². The van der Waals surface area contributed by atoms with Crippen LogP contribution < -0.4 is 4.90 Å². The first-order chi connectivity index (χ1) is 12.2. The highest BCUT2D eigenvalue weighted by atomic mass is 16.3. The number of anilines is 1. The summed E-state index contributed by atoms with van der Waals surface area (Å²) in [6, 6.07) is 8.44. The van der Waals surface area contributed by atoms with E-state index in [4.69, 9.17) is 10.4 Å². The Hall–Kier alpha value is -2.32. The van der Waals surface area contributed by atoms with Crippen molar-refractivity contribution in [2.24, 2.45) is 0 Å². The molecule has 1 aliphatic rings. The molecule has 2 unspecified atom stereocenters. The number of hydrogen-bond donors (Lipinski definition) is 1. The van der Waals surface area contributed by atoms with E-state index in [0.29, 0.717) is 19.3 Å².